The Bertz CT molecular complexity index is 930. The van der Waals surface area contributed by atoms with Gasteiger partial charge in [-0.25, -0.2) is 9.37 Å². The first kappa shape index (κ1) is 19.1. The lowest BCUT2D eigenvalue weighted by Gasteiger charge is -2.36. The lowest BCUT2D eigenvalue weighted by atomic mass is 9.93. The first-order valence-electron chi connectivity index (χ1n) is 8.83. The molecule has 2 aromatic carbocycles. The molecule has 140 valence electrons. The summed E-state index contributed by atoms with van der Waals surface area (Å²) in [4.78, 5) is 11.5. The predicted octanol–water partition coefficient (Wildman–Crippen LogP) is 5.21. The normalized spacial score (nSPS) is 15.7. The Hall–Kier alpha value is -2.66. The molecule has 0 saturated heterocycles. The van der Waals surface area contributed by atoms with Crippen LogP contribution >= 0.6 is 12.4 Å². The molecule has 4 nitrogen and oxygen atoms in total. The van der Waals surface area contributed by atoms with Crippen LogP contribution in [0.1, 0.15) is 29.8 Å². The van der Waals surface area contributed by atoms with Crippen molar-refractivity contribution in [2.75, 3.05) is 16.8 Å². The number of aromatic nitrogens is 2. The SMILES string of the molecule is Cc1cc(N2CCc3ccccc3C2C)nc(Nc2ccc(F)cc2)n1.Cl. The molecule has 1 aliphatic heterocycles. The second-order valence-corrected chi connectivity index (χ2v) is 6.64. The fraction of sp³-hybridized carbons (Fsp3) is 0.238. The summed E-state index contributed by atoms with van der Waals surface area (Å²) < 4.78 is 13.1. The molecule has 4 rings (SSSR count). The van der Waals surface area contributed by atoms with Gasteiger partial charge in [0.1, 0.15) is 11.6 Å². The van der Waals surface area contributed by atoms with Gasteiger partial charge in [0, 0.05) is 24.0 Å². The van der Waals surface area contributed by atoms with Crippen LogP contribution in [0.5, 0.6) is 0 Å². The van der Waals surface area contributed by atoms with Crippen LogP contribution in [0, 0.1) is 12.7 Å². The number of hydrogen-bond acceptors (Lipinski definition) is 4. The van der Waals surface area contributed by atoms with Crippen LogP contribution in [-0.4, -0.2) is 16.5 Å². The number of benzene rings is 2. The number of fused-ring (bicyclic) bond motifs is 1. The molecule has 0 amide bonds. The Morgan fingerprint density at radius 3 is 2.59 bits per heavy atom. The zero-order valence-electron chi connectivity index (χ0n) is 15.3. The van der Waals surface area contributed by atoms with Crippen LogP contribution in [0.2, 0.25) is 0 Å². The molecule has 0 saturated carbocycles. The molecule has 1 unspecified atom stereocenters. The molecule has 1 atom stereocenters. The molecular formula is C21H22ClFN4. The quantitative estimate of drug-likeness (QED) is 0.672. The van der Waals surface area contributed by atoms with Gasteiger partial charge in [0.05, 0.1) is 6.04 Å². The van der Waals surface area contributed by atoms with Crippen molar-refractivity contribution in [3.05, 3.63) is 77.2 Å². The fourth-order valence-electron chi connectivity index (χ4n) is 3.50. The molecule has 3 aromatic rings. The van der Waals surface area contributed by atoms with Gasteiger partial charge in [-0.1, -0.05) is 24.3 Å². The number of nitrogens with one attached hydrogen (secondary N) is 1. The highest BCUT2D eigenvalue weighted by Gasteiger charge is 2.25. The number of rotatable bonds is 3. The van der Waals surface area contributed by atoms with Gasteiger partial charge in [-0.2, -0.15) is 4.98 Å². The Labute approximate surface area is 164 Å². The second-order valence-electron chi connectivity index (χ2n) is 6.64. The molecular weight excluding hydrogens is 363 g/mol. The number of halogens is 2. The second kappa shape index (κ2) is 7.92. The smallest absolute Gasteiger partial charge is 0.229 e. The van der Waals surface area contributed by atoms with Crippen molar-refractivity contribution in [3.8, 4) is 0 Å². The number of anilines is 3. The maximum Gasteiger partial charge on any atom is 0.229 e. The minimum absolute atomic E-state index is 0. The molecule has 27 heavy (non-hydrogen) atoms. The number of nitrogens with zero attached hydrogens (tertiary/aromatic N) is 3. The Morgan fingerprint density at radius 2 is 1.81 bits per heavy atom. The third kappa shape index (κ3) is 4.03. The van der Waals surface area contributed by atoms with E-state index in [0.29, 0.717) is 5.95 Å². The van der Waals surface area contributed by atoms with E-state index in [1.54, 1.807) is 12.1 Å². The van der Waals surface area contributed by atoms with Crippen molar-refractivity contribution >= 4 is 29.9 Å². The highest BCUT2D eigenvalue weighted by molar-refractivity contribution is 5.85. The summed E-state index contributed by atoms with van der Waals surface area (Å²) in [6.07, 6.45) is 1.00. The van der Waals surface area contributed by atoms with Crippen molar-refractivity contribution < 1.29 is 4.39 Å². The molecule has 1 N–H and O–H groups in total. The molecule has 2 heterocycles. The summed E-state index contributed by atoms with van der Waals surface area (Å²) in [5, 5.41) is 3.17. The zero-order chi connectivity index (χ0) is 18.1. The van der Waals surface area contributed by atoms with E-state index in [-0.39, 0.29) is 24.3 Å². The van der Waals surface area contributed by atoms with Gasteiger partial charge in [0.2, 0.25) is 5.95 Å². The van der Waals surface area contributed by atoms with Crippen molar-refractivity contribution in [3.63, 3.8) is 0 Å². The summed E-state index contributed by atoms with van der Waals surface area (Å²) >= 11 is 0. The average molecular weight is 385 g/mol. The van der Waals surface area contributed by atoms with E-state index in [4.69, 9.17) is 4.98 Å². The average Bonchev–Trinajstić information content (AvgIpc) is 2.64. The maximum atomic E-state index is 13.1. The lowest BCUT2D eigenvalue weighted by molar-refractivity contribution is 0.616. The van der Waals surface area contributed by atoms with Crippen molar-refractivity contribution in [1.29, 1.82) is 0 Å². The topological polar surface area (TPSA) is 41.1 Å². The standard InChI is InChI=1S/C21H21FN4.ClH/c1-14-13-20(25-21(23-14)24-18-9-7-17(22)8-10-18)26-12-11-16-5-3-4-6-19(16)15(26)2;/h3-10,13,15H,11-12H2,1-2H3,(H,23,24,25);1H. The molecule has 6 heteroatoms. The van der Waals surface area contributed by atoms with Gasteiger partial charge in [-0.3, -0.25) is 0 Å². The third-order valence-corrected chi connectivity index (χ3v) is 4.83. The lowest BCUT2D eigenvalue weighted by Crippen LogP contribution is -2.34. The van der Waals surface area contributed by atoms with Gasteiger partial charge in [0.25, 0.3) is 0 Å². The molecule has 0 spiro atoms. The molecule has 0 aliphatic carbocycles. The monoisotopic (exact) mass is 384 g/mol. The van der Waals surface area contributed by atoms with E-state index in [2.05, 4.69) is 46.4 Å². The minimum Gasteiger partial charge on any atom is -0.349 e. The van der Waals surface area contributed by atoms with Crippen molar-refractivity contribution in [1.82, 2.24) is 9.97 Å². The van der Waals surface area contributed by atoms with Crippen LogP contribution in [0.4, 0.5) is 21.8 Å². The zero-order valence-corrected chi connectivity index (χ0v) is 16.1. The van der Waals surface area contributed by atoms with Gasteiger partial charge in [-0.15, -0.1) is 12.4 Å². The summed E-state index contributed by atoms with van der Waals surface area (Å²) in [7, 11) is 0. The van der Waals surface area contributed by atoms with E-state index in [0.717, 1.165) is 30.2 Å². The summed E-state index contributed by atoms with van der Waals surface area (Å²) in [6.45, 7) is 5.09. The summed E-state index contributed by atoms with van der Waals surface area (Å²) in [6, 6.07) is 17.1. The first-order valence-corrected chi connectivity index (χ1v) is 8.83. The Morgan fingerprint density at radius 1 is 1.07 bits per heavy atom. The van der Waals surface area contributed by atoms with E-state index >= 15 is 0 Å². The molecule has 0 radical (unpaired) electrons. The van der Waals surface area contributed by atoms with Gasteiger partial charge in [0.15, 0.2) is 0 Å². The summed E-state index contributed by atoms with van der Waals surface area (Å²) in [5.41, 5.74) is 4.42. The highest BCUT2D eigenvalue weighted by atomic mass is 35.5. The highest BCUT2D eigenvalue weighted by Crippen LogP contribution is 2.33. The Balaban J connectivity index is 0.00000210. The fourth-order valence-corrected chi connectivity index (χ4v) is 3.50. The largest absolute Gasteiger partial charge is 0.349 e. The van der Waals surface area contributed by atoms with E-state index in [1.807, 2.05) is 13.0 Å². The molecule has 0 fully saturated rings. The van der Waals surface area contributed by atoms with Gasteiger partial charge in [-0.05, 0) is 55.7 Å². The van der Waals surface area contributed by atoms with Crippen LogP contribution in [0.3, 0.4) is 0 Å². The van der Waals surface area contributed by atoms with Gasteiger partial charge < -0.3 is 10.2 Å². The van der Waals surface area contributed by atoms with Gasteiger partial charge >= 0.3 is 0 Å². The van der Waals surface area contributed by atoms with Crippen LogP contribution in [0.15, 0.2) is 54.6 Å². The first-order chi connectivity index (χ1) is 12.6. The van der Waals surface area contributed by atoms with Crippen LogP contribution < -0.4 is 10.2 Å². The minimum atomic E-state index is -0.262. The number of hydrogen-bond donors (Lipinski definition) is 1. The molecule has 1 aromatic heterocycles. The van der Waals surface area contributed by atoms with Crippen molar-refractivity contribution in [2.24, 2.45) is 0 Å². The maximum absolute atomic E-state index is 13.1. The van der Waals surface area contributed by atoms with E-state index < -0.39 is 0 Å². The predicted molar refractivity (Wildman–Crippen MR) is 110 cm³/mol. The molecule has 0 bridgehead atoms. The van der Waals surface area contributed by atoms with E-state index in [1.165, 1.54) is 23.3 Å². The van der Waals surface area contributed by atoms with Crippen LogP contribution in [0.25, 0.3) is 0 Å². The Kier molecular flexibility index (Phi) is 5.61. The number of aryl methyl sites for hydroxylation is 1. The van der Waals surface area contributed by atoms with E-state index in [9.17, 15) is 4.39 Å². The van der Waals surface area contributed by atoms with Crippen molar-refractivity contribution in [2.45, 2.75) is 26.3 Å². The third-order valence-electron chi connectivity index (χ3n) is 4.83. The molecule has 1 aliphatic rings. The van der Waals surface area contributed by atoms with Crippen LogP contribution in [-0.2, 0) is 6.42 Å². The summed E-state index contributed by atoms with van der Waals surface area (Å²) in [5.74, 6) is 1.17.